The molecule has 0 atom stereocenters. The fraction of sp³-hybridized carbons (Fsp3) is 0.579. The molecule has 0 radical (unpaired) electrons. The monoisotopic (exact) mass is 636 g/mol. The van der Waals surface area contributed by atoms with Crippen LogP contribution in [0.25, 0.3) is 0 Å². The lowest BCUT2D eigenvalue weighted by molar-refractivity contribution is -0.151. The summed E-state index contributed by atoms with van der Waals surface area (Å²) in [5, 5.41) is 0. The number of rotatable bonds is 16. The zero-order valence-corrected chi connectivity index (χ0v) is 27.3. The zero-order valence-electron chi connectivity index (χ0n) is 27.3. The fourth-order valence-corrected chi connectivity index (χ4v) is 5.63. The maximum atomic E-state index is 11.8. The lowest BCUT2D eigenvalue weighted by Gasteiger charge is -2.22. The molecule has 0 bridgehead atoms. The van der Waals surface area contributed by atoms with E-state index in [-0.39, 0.29) is 36.1 Å². The number of unbranched alkanes of at least 4 members (excludes halogenated alkanes) is 4. The molecule has 0 heterocycles. The number of esters is 4. The van der Waals surface area contributed by atoms with Crippen molar-refractivity contribution >= 4 is 23.9 Å². The molecule has 0 aliphatic heterocycles. The van der Waals surface area contributed by atoms with Crippen LogP contribution in [0.15, 0.2) is 60.7 Å². The first-order valence-corrected chi connectivity index (χ1v) is 17.4. The molecule has 2 fully saturated rings. The third-order valence-electron chi connectivity index (χ3n) is 8.17. The van der Waals surface area contributed by atoms with Gasteiger partial charge in [-0.1, -0.05) is 62.1 Å². The van der Waals surface area contributed by atoms with Crippen LogP contribution in [0.2, 0.25) is 0 Å². The van der Waals surface area contributed by atoms with E-state index in [2.05, 4.69) is 0 Å². The van der Waals surface area contributed by atoms with Crippen LogP contribution in [0.3, 0.4) is 0 Å². The Balaban J connectivity index is 0.000000250. The lowest BCUT2D eigenvalue weighted by Crippen LogP contribution is -2.21. The molecule has 2 aliphatic carbocycles. The standard InChI is InChI=1S/C19H32O4.C19H20O4/c2*20-18(22-16-10-4-1-5-11-16)14-8-3-9-15-19(21)23-17-12-6-2-7-13-17/h16-17H,1-15H2;1-2,4-7,10-13H,3,8-9,14-15H2. The van der Waals surface area contributed by atoms with Gasteiger partial charge in [-0.05, 0) is 101 Å². The molecule has 252 valence electrons. The van der Waals surface area contributed by atoms with Gasteiger partial charge < -0.3 is 18.9 Å². The van der Waals surface area contributed by atoms with Crippen LogP contribution in [-0.2, 0) is 28.7 Å². The van der Waals surface area contributed by atoms with Crippen molar-refractivity contribution in [2.24, 2.45) is 0 Å². The lowest BCUT2D eigenvalue weighted by atomic mass is 9.98. The molecular formula is C38H52O8. The zero-order chi connectivity index (χ0) is 32.7. The quantitative estimate of drug-likeness (QED) is 0.102. The van der Waals surface area contributed by atoms with Gasteiger partial charge in [-0.15, -0.1) is 0 Å². The number of hydrogen-bond acceptors (Lipinski definition) is 8. The molecule has 0 spiro atoms. The molecular weight excluding hydrogens is 584 g/mol. The second-order valence-electron chi connectivity index (χ2n) is 12.2. The Labute approximate surface area is 274 Å². The first-order valence-electron chi connectivity index (χ1n) is 17.4. The molecule has 0 N–H and O–H groups in total. The molecule has 2 aromatic carbocycles. The normalized spacial score (nSPS) is 15.1. The molecule has 8 heteroatoms. The highest BCUT2D eigenvalue weighted by molar-refractivity contribution is 5.73. The van der Waals surface area contributed by atoms with Crippen LogP contribution >= 0.6 is 0 Å². The highest BCUT2D eigenvalue weighted by atomic mass is 16.6. The van der Waals surface area contributed by atoms with Crippen LogP contribution < -0.4 is 9.47 Å². The first kappa shape index (κ1) is 36.8. The molecule has 4 rings (SSSR count). The van der Waals surface area contributed by atoms with Crippen molar-refractivity contribution < 1.29 is 38.1 Å². The fourth-order valence-electron chi connectivity index (χ4n) is 5.63. The molecule has 2 aliphatic rings. The predicted octanol–water partition coefficient (Wildman–Crippen LogP) is 8.84. The topological polar surface area (TPSA) is 105 Å². The van der Waals surface area contributed by atoms with Crippen LogP contribution in [0.5, 0.6) is 11.5 Å². The van der Waals surface area contributed by atoms with Crippen molar-refractivity contribution in [3.8, 4) is 11.5 Å². The minimum Gasteiger partial charge on any atom is -0.462 e. The van der Waals surface area contributed by atoms with Gasteiger partial charge in [0.2, 0.25) is 0 Å². The highest BCUT2D eigenvalue weighted by Crippen LogP contribution is 2.22. The number of hydrogen-bond donors (Lipinski definition) is 0. The summed E-state index contributed by atoms with van der Waals surface area (Å²) < 4.78 is 21.4. The first-order chi connectivity index (χ1) is 22.5. The largest absolute Gasteiger partial charge is 0.462 e. The van der Waals surface area contributed by atoms with Crippen LogP contribution in [0.4, 0.5) is 0 Å². The van der Waals surface area contributed by atoms with Crippen molar-refractivity contribution in [1.29, 1.82) is 0 Å². The van der Waals surface area contributed by atoms with Gasteiger partial charge in [0.15, 0.2) is 0 Å². The van der Waals surface area contributed by atoms with E-state index >= 15 is 0 Å². The van der Waals surface area contributed by atoms with E-state index in [1.807, 2.05) is 36.4 Å². The van der Waals surface area contributed by atoms with Crippen molar-refractivity contribution in [3.63, 3.8) is 0 Å². The van der Waals surface area contributed by atoms with Crippen molar-refractivity contribution in [3.05, 3.63) is 60.7 Å². The van der Waals surface area contributed by atoms with Gasteiger partial charge in [-0.3, -0.25) is 19.2 Å². The maximum absolute atomic E-state index is 11.8. The summed E-state index contributed by atoms with van der Waals surface area (Å²) in [5.41, 5.74) is 0. The van der Waals surface area contributed by atoms with Crippen LogP contribution in [-0.4, -0.2) is 36.1 Å². The second kappa shape index (κ2) is 22.8. The summed E-state index contributed by atoms with van der Waals surface area (Å²) in [6.45, 7) is 0. The molecule has 0 unspecified atom stereocenters. The maximum Gasteiger partial charge on any atom is 0.311 e. The molecule has 0 aromatic heterocycles. The van der Waals surface area contributed by atoms with E-state index in [0.717, 1.165) is 51.4 Å². The molecule has 46 heavy (non-hydrogen) atoms. The molecule has 2 saturated carbocycles. The smallest absolute Gasteiger partial charge is 0.311 e. The summed E-state index contributed by atoms with van der Waals surface area (Å²) in [4.78, 5) is 46.8. The highest BCUT2D eigenvalue weighted by Gasteiger charge is 2.19. The average molecular weight is 637 g/mol. The molecule has 0 amide bonds. The second-order valence-corrected chi connectivity index (χ2v) is 12.2. The van der Waals surface area contributed by atoms with Gasteiger partial charge in [0, 0.05) is 25.7 Å². The van der Waals surface area contributed by atoms with Crippen LogP contribution in [0.1, 0.15) is 128 Å². The number of carbonyl (C=O) groups is 4. The van der Waals surface area contributed by atoms with E-state index in [0.29, 0.717) is 50.0 Å². The van der Waals surface area contributed by atoms with Gasteiger partial charge in [0.05, 0.1) is 0 Å². The number of benzene rings is 2. The number of carbonyl (C=O) groups excluding carboxylic acids is 4. The van der Waals surface area contributed by atoms with Crippen molar-refractivity contribution in [2.45, 2.75) is 141 Å². The SMILES string of the molecule is O=C(CCCCCC(=O)OC1CCCCC1)OC1CCCCC1.O=C(CCCCCC(=O)Oc1ccccc1)Oc1ccccc1. The minimum atomic E-state index is -0.247. The summed E-state index contributed by atoms with van der Waals surface area (Å²) in [6.07, 6.45) is 18.0. The summed E-state index contributed by atoms with van der Waals surface area (Å²) in [6, 6.07) is 18.0. The van der Waals surface area contributed by atoms with Gasteiger partial charge in [0.25, 0.3) is 0 Å². The Morgan fingerprint density at radius 1 is 0.435 bits per heavy atom. The Hall–Kier alpha value is -3.68. The van der Waals surface area contributed by atoms with E-state index in [4.69, 9.17) is 18.9 Å². The summed E-state index contributed by atoms with van der Waals surface area (Å²) >= 11 is 0. The Morgan fingerprint density at radius 2 is 0.761 bits per heavy atom. The van der Waals surface area contributed by atoms with E-state index < -0.39 is 0 Å². The van der Waals surface area contributed by atoms with Gasteiger partial charge >= 0.3 is 23.9 Å². The molecule has 0 saturated heterocycles. The summed E-state index contributed by atoms with van der Waals surface area (Å²) in [7, 11) is 0. The van der Waals surface area contributed by atoms with Crippen molar-refractivity contribution in [2.75, 3.05) is 0 Å². The van der Waals surface area contributed by atoms with Gasteiger partial charge in [-0.2, -0.15) is 0 Å². The predicted molar refractivity (Wildman–Crippen MR) is 176 cm³/mol. The third-order valence-corrected chi connectivity index (χ3v) is 8.17. The van der Waals surface area contributed by atoms with E-state index in [1.165, 1.54) is 38.5 Å². The number of ether oxygens (including phenoxy) is 4. The van der Waals surface area contributed by atoms with Gasteiger partial charge in [-0.25, -0.2) is 0 Å². The Bertz CT molecular complexity index is 1050. The van der Waals surface area contributed by atoms with E-state index in [9.17, 15) is 19.2 Å². The third kappa shape index (κ3) is 17.1. The average Bonchev–Trinajstić information content (AvgIpc) is 3.06. The molecule has 2 aromatic rings. The molecule has 8 nitrogen and oxygen atoms in total. The van der Waals surface area contributed by atoms with Gasteiger partial charge in [0.1, 0.15) is 23.7 Å². The number of para-hydroxylation sites is 2. The Morgan fingerprint density at radius 3 is 1.11 bits per heavy atom. The van der Waals surface area contributed by atoms with E-state index in [1.54, 1.807) is 24.3 Å². The summed E-state index contributed by atoms with van der Waals surface area (Å²) in [5.74, 6) is 0.488. The Kier molecular flexibility index (Phi) is 18.2. The van der Waals surface area contributed by atoms with Crippen LogP contribution in [0, 0.1) is 0 Å². The minimum absolute atomic E-state index is 0.0679. The van der Waals surface area contributed by atoms with Crippen molar-refractivity contribution in [1.82, 2.24) is 0 Å².